The Morgan fingerprint density at radius 3 is 2.50 bits per heavy atom. The van der Waals surface area contributed by atoms with Crippen molar-refractivity contribution in [3.05, 3.63) is 69.6 Å². The Morgan fingerprint density at radius 2 is 1.82 bits per heavy atom. The minimum atomic E-state index is -0.375. The molecule has 0 aromatic heterocycles. The molecule has 1 aliphatic heterocycles. The number of hydrogen-bond donors (Lipinski definition) is 1. The van der Waals surface area contributed by atoms with E-state index in [0.29, 0.717) is 45.1 Å². The molecule has 1 fully saturated rings. The second kappa shape index (κ2) is 12.7. The SMILES string of the molecule is CCCCOC(=O)c1ccc(NC(=O)CCCN2C(=O)C(=Cc3ccc(Cl)cc3)SC2=S)cc1. The van der Waals surface area contributed by atoms with E-state index in [4.69, 9.17) is 28.6 Å². The third-order valence-corrected chi connectivity index (χ3v) is 6.59. The lowest BCUT2D eigenvalue weighted by Gasteiger charge is -2.14. The number of thiocarbonyl (C=S) groups is 1. The van der Waals surface area contributed by atoms with Gasteiger partial charge in [0.1, 0.15) is 4.32 Å². The molecule has 0 aliphatic carbocycles. The fraction of sp³-hybridized carbons (Fsp3) is 0.280. The number of hydrogen-bond acceptors (Lipinski definition) is 6. The standard InChI is InChI=1S/C25H25ClN2O4S2/c1-2-3-15-32-24(31)18-8-12-20(13-9-18)27-22(29)5-4-14-28-23(30)21(34-25(28)33)16-17-6-10-19(26)11-7-17/h6-13,16H,2-5,14-15H2,1H3,(H,27,29). The topological polar surface area (TPSA) is 75.7 Å². The van der Waals surface area contributed by atoms with Gasteiger partial charge in [0, 0.05) is 23.7 Å². The number of amides is 2. The molecular formula is C25H25ClN2O4S2. The molecular weight excluding hydrogens is 492 g/mol. The van der Waals surface area contributed by atoms with Crippen LogP contribution in [0.5, 0.6) is 0 Å². The van der Waals surface area contributed by atoms with Crippen molar-refractivity contribution in [2.24, 2.45) is 0 Å². The first-order chi connectivity index (χ1) is 16.4. The van der Waals surface area contributed by atoms with Gasteiger partial charge < -0.3 is 10.1 Å². The van der Waals surface area contributed by atoms with Crippen LogP contribution in [0.25, 0.3) is 6.08 Å². The van der Waals surface area contributed by atoms with Crippen LogP contribution in [0.15, 0.2) is 53.4 Å². The molecule has 0 atom stereocenters. The molecule has 0 spiro atoms. The number of carbonyl (C=O) groups is 3. The Bertz CT molecular complexity index is 1090. The van der Waals surface area contributed by atoms with Gasteiger partial charge in [-0.15, -0.1) is 0 Å². The molecule has 2 aromatic carbocycles. The number of nitrogens with one attached hydrogen (secondary N) is 1. The van der Waals surface area contributed by atoms with E-state index in [1.54, 1.807) is 42.5 Å². The van der Waals surface area contributed by atoms with Gasteiger partial charge >= 0.3 is 5.97 Å². The van der Waals surface area contributed by atoms with E-state index in [9.17, 15) is 14.4 Å². The lowest BCUT2D eigenvalue weighted by molar-refractivity contribution is -0.122. The number of rotatable bonds is 10. The van der Waals surface area contributed by atoms with Crippen molar-refractivity contribution in [1.82, 2.24) is 4.90 Å². The Kier molecular flexibility index (Phi) is 9.68. The molecule has 9 heteroatoms. The maximum absolute atomic E-state index is 12.7. The van der Waals surface area contributed by atoms with Gasteiger partial charge in [-0.05, 0) is 60.9 Å². The highest BCUT2D eigenvalue weighted by Crippen LogP contribution is 2.32. The first-order valence-electron chi connectivity index (χ1n) is 11.0. The van der Waals surface area contributed by atoms with Crippen molar-refractivity contribution in [2.75, 3.05) is 18.5 Å². The zero-order valence-corrected chi connectivity index (χ0v) is 21.1. The average molecular weight is 517 g/mol. The summed E-state index contributed by atoms with van der Waals surface area (Å²) in [6.45, 7) is 2.78. The van der Waals surface area contributed by atoms with E-state index in [-0.39, 0.29) is 24.2 Å². The molecule has 2 aromatic rings. The van der Waals surface area contributed by atoms with Crippen molar-refractivity contribution >= 4 is 69.4 Å². The van der Waals surface area contributed by atoms with Crippen LogP contribution in [0.1, 0.15) is 48.5 Å². The van der Waals surface area contributed by atoms with Crippen LogP contribution in [0.3, 0.4) is 0 Å². The molecule has 0 bridgehead atoms. The van der Waals surface area contributed by atoms with Gasteiger partial charge in [0.2, 0.25) is 5.91 Å². The number of thioether (sulfide) groups is 1. The molecule has 3 rings (SSSR count). The predicted octanol–water partition coefficient (Wildman–Crippen LogP) is 5.92. The van der Waals surface area contributed by atoms with Crippen molar-refractivity contribution in [3.63, 3.8) is 0 Å². The quantitative estimate of drug-likeness (QED) is 0.183. The van der Waals surface area contributed by atoms with E-state index in [2.05, 4.69) is 5.32 Å². The highest BCUT2D eigenvalue weighted by Gasteiger charge is 2.31. The minimum absolute atomic E-state index is 0.160. The number of carbonyl (C=O) groups excluding carboxylic acids is 3. The van der Waals surface area contributed by atoms with Crippen LogP contribution in [-0.4, -0.2) is 40.2 Å². The first-order valence-corrected chi connectivity index (χ1v) is 12.6. The van der Waals surface area contributed by atoms with Crippen LogP contribution >= 0.6 is 35.6 Å². The van der Waals surface area contributed by atoms with Crippen molar-refractivity contribution < 1.29 is 19.1 Å². The maximum Gasteiger partial charge on any atom is 0.338 e. The van der Waals surface area contributed by atoms with Gasteiger partial charge in [-0.2, -0.15) is 0 Å². The number of nitrogens with zero attached hydrogens (tertiary/aromatic N) is 1. The van der Waals surface area contributed by atoms with Crippen LogP contribution in [0.4, 0.5) is 5.69 Å². The number of ether oxygens (including phenoxy) is 1. The first kappa shape index (κ1) is 25.9. The van der Waals surface area contributed by atoms with Gasteiger partial charge in [0.05, 0.1) is 17.1 Å². The highest BCUT2D eigenvalue weighted by molar-refractivity contribution is 8.26. The molecule has 2 amide bonds. The molecule has 1 aliphatic rings. The molecule has 0 unspecified atom stereocenters. The normalized spacial score (nSPS) is 14.5. The summed E-state index contributed by atoms with van der Waals surface area (Å²) in [6.07, 6.45) is 4.26. The van der Waals surface area contributed by atoms with E-state index in [0.717, 1.165) is 18.4 Å². The average Bonchev–Trinajstić information content (AvgIpc) is 3.08. The molecule has 178 valence electrons. The van der Waals surface area contributed by atoms with Crippen molar-refractivity contribution in [1.29, 1.82) is 0 Å². The van der Waals surface area contributed by atoms with Gasteiger partial charge in [-0.25, -0.2) is 4.79 Å². The predicted molar refractivity (Wildman–Crippen MR) is 141 cm³/mol. The van der Waals surface area contributed by atoms with Gasteiger partial charge in [-0.1, -0.05) is 61.1 Å². The van der Waals surface area contributed by atoms with Gasteiger partial charge in [0.15, 0.2) is 0 Å². The van der Waals surface area contributed by atoms with E-state index < -0.39 is 0 Å². The van der Waals surface area contributed by atoms with E-state index in [1.165, 1.54) is 16.7 Å². The summed E-state index contributed by atoms with van der Waals surface area (Å²) in [7, 11) is 0. The number of benzene rings is 2. The molecule has 1 N–H and O–H groups in total. The smallest absolute Gasteiger partial charge is 0.338 e. The fourth-order valence-electron chi connectivity index (χ4n) is 3.11. The summed E-state index contributed by atoms with van der Waals surface area (Å²) in [5.74, 6) is -0.716. The Labute approximate surface area is 213 Å². The molecule has 1 heterocycles. The lowest BCUT2D eigenvalue weighted by Crippen LogP contribution is -2.29. The third kappa shape index (κ3) is 7.41. The largest absolute Gasteiger partial charge is 0.462 e. The van der Waals surface area contributed by atoms with Gasteiger partial charge in [0.25, 0.3) is 5.91 Å². The molecule has 0 saturated carbocycles. The summed E-state index contributed by atoms with van der Waals surface area (Å²) in [4.78, 5) is 39.0. The molecule has 6 nitrogen and oxygen atoms in total. The van der Waals surface area contributed by atoms with Crippen molar-refractivity contribution in [3.8, 4) is 0 Å². The van der Waals surface area contributed by atoms with Crippen LogP contribution in [0, 0.1) is 0 Å². The van der Waals surface area contributed by atoms with Crippen molar-refractivity contribution in [2.45, 2.75) is 32.6 Å². The summed E-state index contributed by atoms with van der Waals surface area (Å²) in [5, 5.41) is 3.43. The number of esters is 1. The number of halogens is 1. The van der Waals surface area contributed by atoms with Crippen LogP contribution in [0.2, 0.25) is 5.02 Å². The Morgan fingerprint density at radius 1 is 1.12 bits per heavy atom. The summed E-state index contributed by atoms with van der Waals surface area (Å²) < 4.78 is 5.65. The molecule has 1 saturated heterocycles. The second-order valence-corrected chi connectivity index (χ2v) is 9.72. The maximum atomic E-state index is 12.7. The van der Waals surface area contributed by atoms with Gasteiger partial charge in [-0.3, -0.25) is 14.5 Å². The Hall–Kier alpha value is -2.68. The van der Waals surface area contributed by atoms with E-state index >= 15 is 0 Å². The number of unbranched alkanes of at least 4 members (excludes halogenated alkanes) is 1. The second-order valence-electron chi connectivity index (χ2n) is 7.60. The summed E-state index contributed by atoms with van der Waals surface area (Å²) >= 11 is 12.5. The monoisotopic (exact) mass is 516 g/mol. The summed E-state index contributed by atoms with van der Waals surface area (Å²) in [6, 6.07) is 13.8. The molecule has 0 radical (unpaired) electrons. The highest BCUT2D eigenvalue weighted by atomic mass is 35.5. The van der Waals surface area contributed by atoms with Crippen LogP contribution in [-0.2, 0) is 14.3 Å². The lowest BCUT2D eigenvalue weighted by atomic mass is 10.2. The zero-order valence-electron chi connectivity index (χ0n) is 18.7. The fourth-order valence-corrected chi connectivity index (χ4v) is 4.54. The zero-order chi connectivity index (χ0) is 24.5. The van der Waals surface area contributed by atoms with E-state index in [1.807, 2.05) is 19.1 Å². The third-order valence-electron chi connectivity index (χ3n) is 4.96. The number of anilines is 1. The summed E-state index contributed by atoms with van der Waals surface area (Å²) in [5.41, 5.74) is 1.89. The minimum Gasteiger partial charge on any atom is -0.462 e. The Balaban J connectivity index is 1.45. The molecule has 34 heavy (non-hydrogen) atoms. The van der Waals surface area contributed by atoms with Crippen LogP contribution < -0.4 is 5.32 Å².